The molecule has 1 aromatic carbocycles. The molecule has 2 heteroatoms. The third-order valence-corrected chi connectivity index (χ3v) is 5.36. The van der Waals surface area contributed by atoms with Gasteiger partial charge in [0, 0.05) is 13.8 Å². The average Bonchev–Trinajstić information content (AvgIpc) is 3.43. The van der Waals surface area contributed by atoms with Crippen molar-refractivity contribution in [2.45, 2.75) is 73.1 Å². The zero-order valence-corrected chi connectivity index (χ0v) is 16.0. The van der Waals surface area contributed by atoms with Crippen LogP contribution in [0.4, 0.5) is 0 Å². The number of Topliss-reactive ketones (excluding diaryl/α,β-unsaturated/α-hetero) is 2. The van der Waals surface area contributed by atoms with Gasteiger partial charge in [0.1, 0.15) is 11.6 Å². The maximum atomic E-state index is 11.4. The molecule has 2 aliphatic carbocycles. The maximum Gasteiger partial charge on any atom is 0.143 e. The lowest BCUT2D eigenvalue weighted by Gasteiger charge is -2.23. The Morgan fingerprint density at radius 1 is 1.04 bits per heavy atom. The van der Waals surface area contributed by atoms with E-state index in [-0.39, 0.29) is 14.8 Å². The van der Waals surface area contributed by atoms with E-state index in [4.69, 9.17) is 0 Å². The second-order valence-electron chi connectivity index (χ2n) is 7.78. The highest BCUT2D eigenvalue weighted by Gasteiger charge is 2.21. The van der Waals surface area contributed by atoms with E-state index in [1.165, 1.54) is 24.0 Å². The van der Waals surface area contributed by atoms with Crippen LogP contribution < -0.4 is 0 Å². The largest absolute Gasteiger partial charge is 0.300 e. The Kier molecular flexibility index (Phi) is 9.54. The quantitative estimate of drug-likeness (QED) is 0.555. The fraction of sp³-hybridized carbons (Fsp3) is 0.583. The van der Waals surface area contributed by atoms with Gasteiger partial charge in [0.15, 0.2) is 0 Å². The molecule has 0 saturated heterocycles. The molecule has 0 amide bonds. The monoisotopic (exact) mass is 358 g/mol. The predicted molar refractivity (Wildman–Crippen MR) is 112 cm³/mol. The van der Waals surface area contributed by atoms with Crippen LogP contribution in [-0.2, 0) is 16.0 Å². The van der Waals surface area contributed by atoms with Gasteiger partial charge in [-0.3, -0.25) is 9.59 Å². The molecule has 0 aromatic heterocycles. The van der Waals surface area contributed by atoms with Crippen LogP contribution in [-0.4, -0.2) is 11.6 Å². The van der Waals surface area contributed by atoms with E-state index in [0.29, 0.717) is 23.9 Å². The molecule has 1 aromatic rings. The number of aryl methyl sites for hydroxylation is 2. The van der Waals surface area contributed by atoms with Gasteiger partial charge < -0.3 is 0 Å². The van der Waals surface area contributed by atoms with Crippen molar-refractivity contribution in [3.8, 4) is 0 Å². The lowest BCUT2D eigenvalue weighted by Crippen LogP contribution is -2.18. The first-order chi connectivity index (χ1) is 12.0. The van der Waals surface area contributed by atoms with Crippen molar-refractivity contribution in [2.75, 3.05) is 0 Å². The number of hydrogen-bond donors (Lipinski definition) is 0. The molecule has 1 saturated carbocycles. The maximum absolute atomic E-state index is 11.4. The molecule has 2 nitrogen and oxygen atoms in total. The number of hydrogen-bond acceptors (Lipinski definition) is 2. The normalized spacial score (nSPS) is 21.2. The van der Waals surface area contributed by atoms with Gasteiger partial charge in [-0.15, -0.1) is 0 Å². The van der Waals surface area contributed by atoms with E-state index in [1.54, 1.807) is 6.92 Å². The molecule has 26 heavy (non-hydrogen) atoms. The van der Waals surface area contributed by atoms with Gasteiger partial charge in [0.25, 0.3) is 0 Å². The summed E-state index contributed by atoms with van der Waals surface area (Å²) in [6.45, 7) is 6.09. The molecule has 0 aliphatic heterocycles. The Bertz CT molecular complexity index is 589. The lowest BCUT2D eigenvalue weighted by molar-refractivity contribution is -0.122. The molecule has 3 rings (SSSR count). The molecular formula is C24H38O2. The van der Waals surface area contributed by atoms with Crippen LogP contribution in [0.2, 0.25) is 0 Å². The van der Waals surface area contributed by atoms with Gasteiger partial charge in [0.05, 0.1) is 5.92 Å². The first kappa shape index (κ1) is 22.3. The van der Waals surface area contributed by atoms with E-state index in [1.807, 2.05) is 12.2 Å². The van der Waals surface area contributed by atoms with Crippen molar-refractivity contribution in [3.05, 3.63) is 47.5 Å². The molecule has 0 unspecified atom stereocenters. The average molecular weight is 359 g/mol. The SMILES string of the molecule is C.CC(=O)C1CCC(C)CC1.Cc1ccc(CCCC(=O)C2C=C2)cc1.[HH]. The highest BCUT2D eigenvalue weighted by Crippen LogP contribution is 2.28. The third-order valence-electron chi connectivity index (χ3n) is 5.36. The van der Waals surface area contributed by atoms with Crippen molar-refractivity contribution < 1.29 is 11.0 Å². The summed E-state index contributed by atoms with van der Waals surface area (Å²) >= 11 is 0. The van der Waals surface area contributed by atoms with Crippen molar-refractivity contribution in [1.29, 1.82) is 0 Å². The Morgan fingerprint density at radius 2 is 1.62 bits per heavy atom. The predicted octanol–water partition coefficient (Wildman–Crippen LogP) is 6.36. The summed E-state index contributed by atoms with van der Waals surface area (Å²) in [6.07, 6.45) is 11.4. The van der Waals surface area contributed by atoms with Crippen LogP contribution >= 0.6 is 0 Å². The van der Waals surface area contributed by atoms with E-state index in [9.17, 15) is 9.59 Å². The van der Waals surface area contributed by atoms with Crippen molar-refractivity contribution in [2.24, 2.45) is 17.8 Å². The molecular weight excluding hydrogens is 320 g/mol. The molecule has 2 aliphatic rings. The van der Waals surface area contributed by atoms with Crippen molar-refractivity contribution in [3.63, 3.8) is 0 Å². The Morgan fingerprint density at radius 3 is 2.12 bits per heavy atom. The molecule has 0 heterocycles. The van der Waals surface area contributed by atoms with Crippen molar-refractivity contribution >= 4 is 11.6 Å². The zero-order valence-electron chi connectivity index (χ0n) is 16.0. The standard InChI is InChI=1S/C14H16O.C9H16O.CH4.H2/c1-11-5-7-12(8-6-11)3-2-4-14(15)13-9-10-13;1-7-3-5-9(6-4-7)8(2)10;;/h5-10,13H,2-4H2,1H3;7,9H,3-6H2,1-2H3;1H4;1H. The second kappa shape index (κ2) is 11.1. The van der Waals surface area contributed by atoms with Gasteiger partial charge in [0.2, 0.25) is 0 Å². The number of benzene rings is 1. The number of allylic oxidation sites excluding steroid dienone is 2. The van der Waals surface area contributed by atoms with Gasteiger partial charge in [-0.25, -0.2) is 0 Å². The highest BCUT2D eigenvalue weighted by molar-refractivity contribution is 5.87. The smallest absolute Gasteiger partial charge is 0.143 e. The summed E-state index contributed by atoms with van der Waals surface area (Å²) in [5.74, 6) is 2.21. The molecule has 0 spiro atoms. The highest BCUT2D eigenvalue weighted by atomic mass is 16.1. The van der Waals surface area contributed by atoms with Gasteiger partial charge in [-0.2, -0.15) is 0 Å². The Balaban J connectivity index is 0.000000500. The number of ketones is 2. The van der Waals surface area contributed by atoms with Crippen LogP contribution in [0.3, 0.4) is 0 Å². The minimum Gasteiger partial charge on any atom is -0.300 e. The first-order valence-electron chi connectivity index (χ1n) is 9.72. The van der Waals surface area contributed by atoms with Crippen LogP contribution in [0, 0.1) is 24.7 Å². The second-order valence-corrected chi connectivity index (χ2v) is 7.78. The summed E-state index contributed by atoms with van der Waals surface area (Å²) in [5.41, 5.74) is 2.62. The molecule has 0 N–H and O–H groups in total. The van der Waals surface area contributed by atoms with Gasteiger partial charge in [-0.1, -0.05) is 69.2 Å². The zero-order chi connectivity index (χ0) is 18.2. The summed E-state index contributed by atoms with van der Waals surface area (Å²) in [7, 11) is 0. The minimum absolute atomic E-state index is 0. The van der Waals surface area contributed by atoms with E-state index in [2.05, 4.69) is 38.1 Å². The summed E-state index contributed by atoms with van der Waals surface area (Å²) < 4.78 is 0. The summed E-state index contributed by atoms with van der Waals surface area (Å²) in [5, 5.41) is 0. The first-order valence-corrected chi connectivity index (χ1v) is 9.72. The van der Waals surface area contributed by atoms with E-state index < -0.39 is 0 Å². The Hall–Kier alpha value is -1.70. The number of rotatable bonds is 6. The van der Waals surface area contributed by atoms with Crippen LogP contribution in [0.15, 0.2) is 36.4 Å². The fourth-order valence-electron chi connectivity index (χ4n) is 3.32. The van der Waals surface area contributed by atoms with Crippen LogP contribution in [0.25, 0.3) is 0 Å². The van der Waals surface area contributed by atoms with E-state index in [0.717, 1.165) is 31.6 Å². The topological polar surface area (TPSA) is 34.1 Å². The fourth-order valence-corrected chi connectivity index (χ4v) is 3.32. The van der Waals surface area contributed by atoms with Crippen molar-refractivity contribution in [1.82, 2.24) is 0 Å². The van der Waals surface area contributed by atoms with Crippen LogP contribution in [0.5, 0.6) is 0 Å². The number of carbonyl (C=O) groups is 2. The summed E-state index contributed by atoms with van der Waals surface area (Å²) in [6, 6.07) is 8.55. The lowest BCUT2D eigenvalue weighted by atomic mass is 9.81. The Labute approximate surface area is 161 Å². The molecule has 146 valence electrons. The molecule has 0 atom stereocenters. The van der Waals surface area contributed by atoms with Crippen LogP contribution in [0.1, 0.15) is 72.4 Å². The van der Waals surface area contributed by atoms with Gasteiger partial charge in [-0.05, 0) is 51.0 Å². The number of carbonyl (C=O) groups excluding carboxylic acids is 2. The third kappa shape index (κ3) is 8.12. The van der Waals surface area contributed by atoms with E-state index >= 15 is 0 Å². The van der Waals surface area contributed by atoms with Gasteiger partial charge >= 0.3 is 0 Å². The molecule has 0 radical (unpaired) electrons. The molecule has 1 fully saturated rings. The summed E-state index contributed by atoms with van der Waals surface area (Å²) in [4.78, 5) is 22.3. The minimum atomic E-state index is 0. The molecule has 0 bridgehead atoms.